The van der Waals surface area contributed by atoms with Gasteiger partial charge in [-0.25, -0.2) is 4.79 Å². The van der Waals surface area contributed by atoms with Crippen LogP contribution in [0.4, 0.5) is 18.0 Å². The summed E-state index contributed by atoms with van der Waals surface area (Å²) in [5.41, 5.74) is 2.39. The van der Waals surface area contributed by atoms with Crippen molar-refractivity contribution in [2.24, 2.45) is 0 Å². The third kappa shape index (κ3) is 4.07. The highest BCUT2D eigenvalue weighted by Crippen LogP contribution is 2.32. The maximum atomic E-state index is 12.7. The number of imide groups is 1. The van der Waals surface area contributed by atoms with E-state index < -0.39 is 24.2 Å². The fourth-order valence-electron chi connectivity index (χ4n) is 4.35. The van der Waals surface area contributed by atoms with Gasteiger partial charge in [0.2, 0.25) is 0 Å². The maximum Gasteiger partial charge on any atom is 0.406 e. The molecular formula is C24H24F3N3O3. The molecule has 0 atom stereocenters. The average molecular weight is 459 g/mol. The van der Waals surface area contributed by atoms with Crippen LogP contribution in [0.25, 0.3) is 11.1 Å². The van der Waals surface area contributed by atoms with Crippen LogP contribution in [0.1, 0.15) is 42.3 Å². The van der Waals surface area contributed by atoms with Gasteiger partial charge in [0.25, 0.3) is 11.8 Å². The number of amides is 4. The van der Waals surface area contributed by atoms with Crippen molar-refractivity contribution in [2.45, 2.75) is 45.6 Å². The number of benzene rings is 2. The fraction of sp³-hybridized carbons (Fsp3) is 0.375. The molecule has 1 fully saturated rings. The summed E-state index contributed by atoms with van der Waals surface area (Å²) in [6.07, 6.45) is -4.44. The quantitative estimate of drug-likeness (QED) is 0.622. The Bertz CT molecular complexity index is 1130. The zero-order valence-electron chi connectivity index (χ0n) is 18.6. The molecule has 33 heavy (non-hydrogen) atoms. The number of nitrogens with zero attached hydrogens (tertiary/aromatic N) is 3. The second-order valence-electron chi connectivity index (χ2n) is 8.82. The molecule has 4 rings (SSSR count). The molecule has 0 bridgehead atoms. The van der Waals surface area contributed by atoms with Crippen LogP contribution in [0, 0.1) is 0 Å². The van der Waals surface area contributed by atoms with E-state index in [-0.39, 0.29) is 25.0 Å². The summed E-state index contributed by atoms with van der Waals surface area (Å²) in [5, 5.41) is 0. The van der Waals surface area contributed by atoms with Crippen LogP contribution in [-0.4, -0.2) is 57.3 Å². The number of fused-ring (bicyclic) bond motifs is 1. The number of hydrogen-bond donors (Lipinski definition) is 0. The van der Waals surface area contributed by atoms with Gasteiger partial charge in [-0.15, -0.1) is 0 Å². The maximum absolute atomic E-state index is 12.7. The van der Waals surface area contributed by atoms with Crippen LogP contribution in [0.2, 0.25) is 0 Å². The van der Waals surface area contributed by atoms with Crippen molar-refractivity contribution in [3.05, 3.63) is 59.2 Å². The Hall–Kier alpha value is -3.36. The second-order valence-corrected chi connectivity index (χ2v) is 8.82. The van der Waals surface area contributed by atoms with Gasteiger partial charge in [-0.2, -0.15) is 13.2 Å². The molecule has 2 aromatic rings. The summed E-state index contributed by atoms with van der Waals surface area (Å²) >= 11 is 0. The monoisotopic (exact) mass is 459 g/mol. The largest absolute Gasteiger partial charge is 0.406 e. The smallest absolute Gasteiger partial charge is 0.325 e. The van der Waals surface area contributed by atoms with Crippen LogP contribution in [-0.2, 0) is 17.9 Å². The molecule has 2 heterocycles. The molecule has 0 spiro atoms. The van der Waals surface area contributed by atoms with Gasteiger partial charge in [-0.1, -0.05) is 30.3 Å². The molecule has 0 unspecified atom stereocenters. The molecule has 174 valence electrons. The Morgan fingerprint density at radius 3 is 2.18 bits per heavy atom. The van der Waals surface area contributed by atoms with Gasteiger partial charge in [-0.3, -0.25) is 14.5 Å². The van der Waals surface area contributed by atoms with E-state index in [0.29, 0.717) is 17.7 Å². The molecule has 4 amide bonds. The first kappa shape index (κ1) is 22.8. The van der Waals surface area contributed by atoms with Crippen molar-refractivity contribution in [1.29, 1.82) is 0 Å². The lowest BCUT2D eigenvalue weighted by molar-refractivity contribution is -0.141. The van der Waals surface area contributed by atoms with Gasteiger partial charge in [-0.05, 0) is 55.2 Å². The Morgan fingerprint density at radius 2 is 1.61 bits per heavy atom. The Kier molecular flexibility index (Phi) is 5.46. The summed E-state index contributed by atoms with van der Waals surface area (Å²) in [5.74, 6) is -0.836. The van der Waals surface area contributed by atoms with Crippen LogP contribution in [0.3, 0.4) is 0 Å². The van der Waals surface area contributed by atoms with E-state index >= 15 is 0 Å². The molecule has 0 N–H and O–H groups in total. The highest BCUT2D eigenvalue weighted by Gasteiger charge is 2.50. The van der Waals surface area contributed by atoms with E-state index in [4.69, 9.17) is 0 Å². The van der Waals surface area contributed by atoms with Crippen LogP contribution in [0.15, 0.2) is 42.5 Å². The van der Waals surface area contributed by atoms with Gasteiger partial charge in [0, 0.05) is 25.2 Å². The molecule has 0 aliphatic carbocycles. The Labute approximate surface area is 189 Å². The van der Waals surface area contributed by atoms with Crippen molar-refractivity contribution in [3.63, 3.8) is 0 Å². The van der Waals surface area contributed by atoms with Gasteiger partial charge >= 0.3 is 12.2 Å². The third-order valence-corrected chi connectivity index (χ3v) is 6.20. The van der Waals surface area contributed by atoms with E-state index in [9.17, 15) is 27.6 Å². The van der Waals surface area contributed by atoms with Gasteiger partial charge in [0.05, 0.1) is 0 Å². The van der Waals surface area contributed by atoms with Crippen LogP contribution in [0.5, 0.6) is 0 Å². The van der Waals surface area contributed by atoms with Gasteiger partial charge in [0.1, 0.15) is 12.1 Å². The number of halogens is 3. The summed E-state index contributed by atoms with van der Waals surface area (Å²) in [4.78, 5) is 41.0. The van der Waals surface area contributed by atoms with Crippen molar-refractivity contribution in [2.75, 3.05) is 13.1 Å². The number of alkyl halides is 3. The van der Waals surface area contributed by atoms with Crippen molar-refractivity contribution >= 4 is 17.8 Å². The molecule has 0 aromatic heterocycles. The van der Waals surface area contributed by atoms with Crippen molar-refractivity contribution < 1.29 is 27.6 Å². The highest BCUT2D eigenvalue weighted by atomic mass is 19.4. The first-order chi connectivity index (χ1) is 15.4. The number of likely N-dealkylation sites (N-methyl/N-ethyl adjacent to an activating group) is 1. The van der Waals surface area contributed by atoms with Crippen LogP contribution < -0.4 is 0 Å². The van der Waals surface area contributed by atoms with Gasteiger partial charge < -0.3 is 9.80 Å². The second kappa shape index (κ2) is 7.90. The van der Waals surface area contributed by atoms with Gasteiger partial charge in [0.15, 0.2) is 0 Å². The first-order valence-corrected chi connectivity index (χ1v) is 10.6. The van der Waals surface area contributed by atoms with E-state index in [0.717, 1.165) is 21.6 Å². The third-order valence-electron chi connectivity index (χ3n) is 6.20. The SMILES string of the molecule is CCN1C(=O)N(Cc2ccc(-c3ccc4c(c3)CN(CC(F)(F)F)C4=O)cc2)C(C)(C)C1=O. The molecule has 2 aliphatic rings. The normalized spacial score (nSPS) is 17.9. The molecule has 0 radical (unpaired) electrons. The first-order valence-electron chi connectivity index (χ1n) is 10.6. The topological polar surface area (TPSA) is 60.9 Å². The Morgan fingerprint density at radius 1 is 0.970 bits per heavy atom. The summed E-state index contributed by atoms with van der Waals surface area (Å²) in [7, 11) is 0. The standard InChI is InChI=1S/C24H24F3N3O3/c1-4-29-21(32)23(2,3)30(22(29)33)12-15-5-7-16(8-6-15)17-9-10-19-18(11-17)13-28(20(19)31)14-24(25,26)27/h5-11H,4,12-14H2,1-3H3. The molecular weight excluding hydrogens is 435 g/mol. The number of carbonyl (C=O) groups is 3. The van der Waals surface area contributed by atoms with E-state index in [2.05, 4.69) is 0 Å². The predicted octanol–water partition coefficient (Wildman–Crippen LogP) is 4.43. The summed E-state index contributed by atoms with van der Waals surface area (Å²) in [6, 6.07) is 12.1. The van der Waals surface area contributed by atoms with Crippen LogP contribution >= 0.6 is 0 Å². The number of rotatable bonds is 5. The minimum Gasteiger partial charge on any atom is -0.325 e. The molecule has 1 saturated heterocycles. The zero-order chi connectivity index (χ0) is 24.1. The van der Waals surface area contributed by atoms with E-state index in [1.807, 2.05) is 24.3 Å². The van der Waals surface area contributed by atoms with Crippen molar-refractivity contribution in [1.82, 2.24) is 14.7 Å². The lowest BCUT2D eigenvalue weighted by atomic mass is 9.99. The summed E-state index contributed by atoms with van der Waals surface area (Å²) < 4.78 is 38.2. The lowest BCUT2D eigenvalue weighted by Crippen LogP contribution is -2.43. The van der Waals surface area contributed by atoms with Crippen molar-refractivity contribution in [3.8, 4) is 11.1 Å². The highest BCUT2D eigenvalue weighted by molar-refractivity contribution is 6.06. The minimum absolute atomic E-state index is 0.0757. The van der Waals surface area contributed by atoms with E-state index in [1.165, 1.54) is 4.90 Å². The average Bonchev–Trinajstić information content (AvgIpc) is 3.13. The number of urea groups is 1. The molecule has 0 saturated carbocycles. The zero-order valence-corrected chi connectivity index (χ0v) is 18.6. The summed E-state index contributed by atoms with van der Waals surface area (Å²) in [6.45, 7) is 4.46. The molecule has 9 heteroatoms. The minimum atomic E-state index is -4.44. The molecule has 2 aromatic carbocycles. The van der Waals surface area contributed by atoms with E-state index in [1.54, 1.807) is 43.9 Å². The lowest BCUT2D eigenvalue weighted by Gasteiger charge is -2.27. The fourth-order valence-corrected chi connectivity index (χ4v) is 4.35. The molecule has 2 aliphatic heterocycles. The number of carbonyl (C=O) groups excluding carboxylic acids is 3. The molecule has 6 nitrogen and oxygen atoms in total. The number of hydrogen-bond acceptors (Lipinski definition) is 3. The Balaban J connectivity index is 1.51. The predicted molar refractivity (Wildman–Crippen MR) is 115 cm³/mol.